The van der Waals surface area contributed by atoms with Crippen molar-refractivity contribution >= 4 is 5.91 Å². The fourth-order valence-electron chi connectivity index (χ4n) is 2.34. The summed E-state index contributed by atoms with van der Waals surface area (Å²) in [7, 11) is 0. The number of hydrogen-bond acceptors (Lipinski definition) is 2. The Morgan fingerprint density at radius 1 is 1.59 bits per heavy atom. The third-order valence-electron chi connectivity index (χ3n) is 3.44. The van der Waals surface area contributed by atoms with E-state index >= 15 is 0 Å². The van der Waals surface area contributed by atoms with Crippen LogP contribution in [0, 0.1) is 5.92 Å². The SMILES string of the molecule is CCC1CCCN(C(=O)c2c[nH]ccc2=O)C1. The highest BCUT2D eigenvalue weighted by Crippen LogP contribution is 2.20. The molecule has 2 rings (SSSR count). The van der Waals surface area contributed by atoms with Crippen molar-refractivity contribution in [2.75, 3.05) is 13.1 Å². The van der Waals surface area contributed by atoms with Gasteiger partial charge in [0.25, 0.3) is 5.91 Å². The predicted molar refractivity (Wildman–Crippen MR) is 66.0 cm³/mol. The van der Waals surface area contributed by atoms with Gasteiger partial charge in [0.05, 0.1) is 0 Å². The van der Waals surface area contributed by atoms with Crippen molar-refractivity contribution in [2.24, 2.45) is 5.92 Å². The zero-order valence-corrected chi connectivity index (χ0v) is 10.1. The Morgan fingerprint density at radius 2 is 2.41 bits per heavy atom. The second-order valence-electron chi connectivity index (χ2n) is 4.59. The van der Waals surface area contributed by atoms with Crippen molar-refractivity contribution in [3.05, 3.63) is 34.2 Å². The molecule has 1 amide bonds. The fraction of sp³-hybridized carbons (Fsp3) is 0.538. The molecule has 1 aromatic rings. The first kappa shape index (κ1) is 11.9. The van der Waals surface area contributed by atoms with Crippen molar-refractivity contribution in [3.63, 3.8) is 0 Å². The summed E-state index contributed by atoms with van der Waals surface area (Å²) in [5, 5.41) is 0. The first-order chi connectivity index (χ1) is 8.22. The van der Waals surface area contributed by atoms with Gasteiger partial charge < -0.3 is 9.88 Å². The molecule has 4 heteroatoms. The minimum Gasteiger partial charge on any atom is -0.367 e. The molecule has 4 nitrogen and oxygen atoms in total. The van der Waals surface area contributed by atoms with E-state index in [1.54, 1.807) is 6.20 Å². The zero-order valence-electron chi connectivity index (χ0n) is 10.1. The lowest BCUT2D eigenvalue weighted by molar-refractivity contribution is 0.0669. The number of piperidine rings is 1. The predicted octanol–water partition coefficient (Wildman–Crippen LogP) is 1.64. The number of likely N-dealkylation sites (tertiary alicyclic amines) is 1. The van der Waals surface area contributed by atoms with E-state index in [0.717, 1.165) is 25.9 Å². The van der Waals surface area contributed by atoms with Gasteiger partial charge in [-0.1, -0.05) is 13.3 Å². The van der Waals surface area contributed by atoms with Gasteiger partial charge in [-0.05, 0) is 18.8 Å². The van der Waals surface area contributed by atoms with Gasteiger partial charge in [0.1, 0.15) is 5.56 Å². The van der Waals surface area contributed by atoms with Gasteiger partial charge in [0, 0.05) is 31.5 Å². The van der Waals surface area contributed by atoms with Gasteiger partial charge in [-0.15, -0.1) is 0 Å². The van der Waals surface area contributed by atoms with Crippen LogP contribution in [0.5, 0.6) is 0 Å². The monoisotopic (exact) mass is 234 g/mol. The molecule has 2 heterocycles. The van der Waals surface area contributed by atoms with Gasteiger partial charge in [-0.3, -0.25) is 9.59 Å². The number of hydrogen-bond donors (Lipinski definition) is 1. The molecule has 0 aliphatic carbocycles. The van der Waals surface area contributed by atoms with E-state index in [-0.39, 0.29) is 16.9 Å². The molecule has 0 radical (unpaired) electrons. The van der Waals surface area contributed by atoms with Crippen LogP contribution in [0.25, 0.3) is 0 Å². The summed E-state index contributed by atoms with van der Waals surface area (Å²) in [6.07, 6.45) is 6.36. The number of aromatic amines is 1. The zero-order chi connectivity index (χ0) is 12.3. The molecule has 1 N–H and O–H groups in total. The van der Waals surface area contributed by atoms with Gasteiger partial charge in [-0.25, -0.2) is 0 Å². The van der Waals surface area contributed by atoms with E-state index in [1.165, 1.54) is 18.7 Å². The van der Waals surface area contributed by atoms with Crippen LogP contribution in [-0.2, 0) is 0 Å². The number of carbonyl (C=O) groups is 1. The van der Waals surface area contributed by atoms with E-state index in [4.69, 9.17) is 0 Å². The molecule has 0 spiro atoms. The van der Waals surface area contributed by atoms with Crippen LogP contribution in [0.15, 0.2) is 23.3 Å². The number of H-pyrrole nitrogens is 1. The summed E-state index contributed by atoms with van der Waals surface area (Å²) < 4.78 is 0. The first-order valence-corrected chi connectivity index (χ1v) is 6.18. The van der Waals surface area contributed by atoms with Crippen LogP contribution >= 0.6 is 0 Å². The van der Waals surface area contributed by atoms with Crippen molar-refractivity contribution in [1.29, 1.82) is 0 Å². The third kappa shape index (κ3) is 2.57. The number of nitrogens with one attached hydrogen (secondary N) is 1. The molecule has 1 fully saturated rings. The highest BCUT2D eigenvalue weighted by molar-refractivity contribution is 5.93. The van der Waals surface area contributed by atoms with E-state index in [2.05, 4.69) is 11.9 Å². The summed E-state index contributed by atoms with van der Waals surface area (Å²) in [4.78, 5) is 28.4. The van der Waals surface area contributed by atoms with Gasteiger partial charge in [0.2, 0.25) is 0 Å². The molecule has 1 atom stereocenters. The maximum absolute atomic E-state index is 12.2. The minimum absolute atomic E-state index is 0.134. The number of pyridine rings is 1. The number of rotatable bonds is 2. The van der Waals surface area contributed by atoms with Gasteiger partial charge in [0.15, 0.2) is 5.43 Å². The molecule has 0 aromatic carbocycles. The lowest BCUT2D eigenvalue weighted by Crippen LogP contribution is -2.41. The molecule has 1 aliphatic rings. The summed E-state index contributed by atoms with van der Waals surface area (Å²) in [6.45, 7) is 3.70. The standard InChI is InChI=1S/C13H18N2O2/c1-2-10-4-3-7-15(9-10)13(17)11-8-14-6-5-12(11)16/h5-6,8,10H,2-4,7,9H2,1H3,(H,14,16). The maximum Gasteiger partial charge on any atom is 0.259 e. The number of amides is 1. The molecule has 1 saturated heterocycles. The minimum atomic E-state index is -0.202. The molecule has 17 heavy (non-hydrogen) atoms. The van der Waals surface area contributed by atoms with Crippen LogP contribution in [0.4, 0.5) is 0 Å². The molecule has 1 aliphatic heterocycles. The lowest BCUT2D eigenvalue weighted by atomic mass is 9.95. The number of carbonyl (C=O) groups excluding carboxylic acids is 1. The number of nitrogens with zero attached hydrogens (tertiary/aromatic N) is 1. The highest BCUT2D eigenvalue weighted by Gasteiger charge is 2.24. The largest absolute Gasteiger partial charge is 0.367 e. The molecular weight excluding hydrogens is 216 g/mol. The van der Waals surface area contributed by atoms with Crippen LogP contribution in [0.1, 0.15) is 36.5 Å². The number of aromatic nitrogens is 1. The van der Waals surface area contributed by atoms with Crippen LogP contribution in [-0.4, -0.2) is 28.9 Å². The van der Waals surface area contributed by atoms with Crippen LogP contribution < -0.4 is 5.43 Å². The normalized spacial score (nSPS) is 20.3. The highest BCUT2D eigenvalue weighted by atomic mass is 16.2. The van der Waals surface area contributed by atoms with Crippen LogP contribution in [0.3, 0.4) is 0 Å². The van der Waals surface area contributed by atoms with Gasteiger partial charge >= 0.3 is 0 Å². The summed E-state index contributed by atoms with van der Waals surface area (Å²) in [6, 6.07) is 1.40. The molecular formula is C13H18N2O2. The van der Waals surface area contributed by atoms with Crippen molar-refractivity contribution in [1.82, 2.24) is 9.88 Å². The van der Waals surface area contributed by atoms with E-state index in [0.29, 0.717) is 5.92 Å². The Labute approximate surface area is 101 Å². The van der Waals surface area contributed by atoms with Crippen molar-refractivity contribution in [2.45, 2.75) is 26.2 Å². The van der Waals surface area contributed by atoms with Crippen molar-refractivity contribution < 1.29 is 4.79 Å². The Balaban J connectivity index is 2.15. The average Bonchev–Trinajstić information content (AvgIpc) is 2.38. The fourth-order valence-corrected chi connectivity index (χ4v) is 2.34. The van der Waals surface area contributed by atoms with E-state index in [1.807, 2.05) is 4.90 Å². The summed E-state index contributed by atoms with van der Waals surface area (Å²) >= 11 is 0. The molecule has 92 valence electrons. The Kier molecular flexibility index (Phi) is 3.61. The second-order valence-corrected chi connectivity index (χ2v) is 4.59. The molecule has 1 aromatic heterocycles. The van der Waals surface area contributed by atoms with E-state index < -0.39 is 0 Å². The molecule has 1 unspecified atom stereocenters. The van der Waals surface area contributed by atoms with E-state index in [9.17, 15) is 9.59 Å². The maximum atomic E-state index is 12.2. The average molecular weight is 234 g/mol. The first-order valence-electron chi connectivity index (χ1n) is 6.18. The van der Waals surface area contributed by atoms with Gasteiger partial charge in [-0.2, -0.15) is 0 Å². The molecule has 0 bridgehead atoms. The van der Waals surface area contributed by atoms with Crippen molar-refractivity contribution in [3.8, 4) is 0 Å². The summed E-state index contributed by atoms with van der Waals surface area (Å²) in [5.41, 5.74) is 0.0524. The quantitative estimate of drug-likeness (QED) is 0.845. The summed E-state index contributed by atoms with van der Waals surface area (Å²) in [5.74, 6) is 0.445. The lowest BCUT2D eigenvalue weighted by Gasteiger charge is -2.32. The molecule has 0 saturated carbocycles. The second kappa shape index (κ2) is 5.17. The Bertz CT molecular complexity index is 453. The third-order valence-corrected chi connectivity index (χ3v) is 3.44. The smallest absolute Gasteiger partial charge is 0.259 e. The topological polar surface area (TPSA) is 53.2 Å². The van der Waals surface area contributed by atoms with Crippen LogP contribution in [0.2, 0.25) is 0 Å². The Hall–Kier alpha value is -1.58. The Morgan fingerprint density at radius 3 is 3.12 bits per heavy atom.